The van der Waals surface area contributed by atoms with Gasteiger partial charge in [-0.15, -0.1) is 0 Å². The van der Waals surface area contributed by atoms with E-state index >= 15 is 0 Å². The van der Waals surface area contributed by atoms with E-state index in [4.69, 9.17) is 21.1 Å². The highest BCUT2D eigenvalue weighted by molar-refractivity contribution is 9.10. The Labute approximate surface area is 215 Å². The number of nitrogens with one attached hydrogen (secondary N) is 2. The van der Waals surface area contributed by atoms with Crippen LogP contribution >= 0.6 is 27.5 Å². The molecule has 0 saturated heterocycles. The number of H-pyrrole nitrogens is 1. The second-order valence-corrected chi connectivity index (χ2v) is 9.23. The average Bonchev–Trinajstić information content (AvgIpc) is 3.24. The minimum Gasteiger partial charge on any atom is -0.493 e. The van der Waals surface area contributed by atoms with Crippen molar-refractivity contribution in [2.45, 2.75) is 25.6 Å². The summed E-state index contributed by atoms with van der Waals surface area (Å²) < 4.78 is 25.3. The van der Waals surface area contributed by atoms with E-state index in [-0.39, 0.29) is 11.6 Å². The first kappa shape index (κ1) is 25.0. The highest BCUT2D eigenvalue weighted by Crippen LogP contribution is 2.37. The number of ether oxygens (including phenoxy) is 2. The molecule has 4 aromatic rings. The van der Waals surface area contributed by atoms with Gasteiger partial charge in [0.25, 0.3) is 0 Å². The summed E-state index contributed by atoms with van der Waals surface area (Å²) in [5.41, 5.74) is 3.35. The van der Waals surface area contributed by atoms with Gasteiger partial charge in [-0.25, -0.2) is 4.39 Å². The quantitative estimate of drug-likeness (QED) is 0.218. The zero-order valence-electron chi connectivity index (χ0n) is 18.8. The molecular formula is C26H23BrClFN2O4. The van der Waals surface area contributed by atoms with Crippen LogP contribution in [0.5, 0.6) is 11.5 Å². The summed E-state index contributed by atoms with van der Waals surface area (Å²) in [5, 5.41) is 14.2. The van der Waals surface area contributed by atoms with Crippen molar-refractivity contribution in [2.24, 2.45) is 0 Å². The average molecular weight is 562 g/mol. The second-order valence-electron chi connectivity index (χ2n) is 7.97. The molecule has 0 radical (unpaired) electrons. The summed E-state index contributed by atoms with van der Waals surface area (Å²) in [6, 6.07) is 14.7. The Bertz CT molecular complexity index is 1360. The molecule has 6 nitrogen and oxygen atoms in total. The topological polar surface area (TPSA) is 83.6 Å². The molecule has 0 aliphatic heterocycles. The Morgan fingerprint density at radius 2 is 2.00 bits per heavy atom. The normalized spacial score (nSPS) is 12.0. The SMILES string of the molecule is COc1cc(CNC(Cc2c[nH]c3ccccc23)C(=O)O)cc(Br)c1OCc1ccc(F)cc1Cl. The van der Waals surface area contributed by atoms with Crippen LogP contribution in [0.25, 0.3) is 10.9 Å². The van der Waals surface area contributed by atoms with Gasteiger partial charge in [0.05, 0.1) is 16.6 Å². The van der Waals surface area contributed by atoms with Crippen LogP contribution in [0.1, 0.15) is 16.7 Å². The molecule has 35 heavy (non-hydrogen) atoms. The summed E-state index contributed by atoms with van der Waals surface area (Å²) in [4.78, 5) is 15.1. The summed E-state index contributed by atoms with van der Waals surface area (Å²) in [6.07, 6.45) is 2.18. The van der Waals surface area contributed by atoms with Crippen LogP contribution in [-0.2, 0) is 24.4 Å². The van der Waals surface area contributed by atoms with Gasteiger partial charge in [0.1, 0.15) is 18.5 Å². The Kier molecular flexibility index (Phi) is 7.95. The molecule has 4 rings (SSSR count). The Hall–Kier alpha value is -3.07. The first-order valence-electron chi connectivity index (χ1n) is 10.8. The largest absolute Gasteiger partial charge is 0.493 e. The van der Waals surface area contributed by atoms with Gasteiger partial charge in [-0.1, -0.05) is 35.9 Å². The summed E-state index contributed by atoms with van der Waals surface area (Å²) >= 11 is 9.60. The van der Waals surface area contributed by atoms with Crippen molar-refractivity contribution in [3.05, 3.63) is 92.8 Å². The number of benzene rings is 3. The maximum atomic E-state index is 13.3. The van der Waals surface area contributed by atoms with Crippen molar-refractivity contribution in [1.82, 2.24) is 10.3 Å². The minimum atomic E-state index is -0.933. The minimum absolute atomic E-state index is 0.122. The maximum absolute atomic E-state index is 13.3. The number of fused-ring (bicyclic) bond motifs is 1. The molecule has 1 heterocycles. The maximum Gasteiger partial charge on any atom is 0.321 e. The molecule has 0 amide bonds. The fraction of sp³-hybridized carbons (Fsp3) is 0.192. The number of hydrogen-bond acceptors (Lipinski definition) is 4. The van der Waals surface area contributed by atoms with Crippen molar-refractivity contribution >= 4 is 44.4 Å². The number of aliphatic carboxylic acids is 1. The van der Waals surface area contributed by atoms with Crippen molar-refractivity contribution < 1.29 is 23.8 Å². The molecule has 9 heteroatoms. The molecule has 1 atom stereocenters. The molecule has 1 aromatic heterocycles. The molecule has 0 aliphatic carbocycles. The van der Waals surface area contributed by atoms with Crippen LogP contribution < -0.4 is 14.8 Å². The third-order valence-corrected chi connectivity index (χ3v) is 6.57. The van der Waals surface area contributed by atoms with Crippen molar-refractivity contribution in [3.63, 3.8) is 0 Å². The molecule has 0 bridgehead atoms. The number of methoxy groups -OCH3 is 1. The van der Waals surface area contributed by atoms with E-state index in [1.54, 1.807) is 12.1 Å². The number of aromatic amines is 1. The molecule has 0 spiro atoms. The molecule has 3 N–H and O–H groups in total. The van der Waals surface area contributed by atoms with Gasteiger partial charge < -0.3 is 24.9 Å². The van der Waals surface area contributed by atoms with E-state index in [0.717, 1.165) is 22.0 Å². The summed E-state index contributed by atoms with van der Waals surface area (Å²) in [5.74, 6) is -0.417. The van der Waals surface area contributed by atoms with E-state index in [1.807, 2.05) is 36.5 Å². The number of carboxylic acid groups (broad SMARTS) is 1. The Morgan fingerprint density at radius 1 is 1.20 bits per heavy atom. The lowest BCUT2D eigenvalue weighted by atomic mass is 10.0. The third-order valence-electron chi connectivity index (χ3n) is 5.63. The number of para-hydroxylation sites is 1. The monoisotopic (exact) mass is 560 g/mol. The Balaban J connectivity index is 1.46. The van der Waals surface area contributed by atoms with Gasteiger partial charge in [0.15, 0.2) is 11.5 Å². The summed E-state index contributed by atoms with van der Waals surface area (Å²) in [6.45, 7) is 0.426. The zero-order valence-corrected chi connectivity index (χ0v) is 21.1. The van der Waals surface area contributed by atoms with Crippen molar-refractivity contribution in [3.8, 4) is 11.5 Å². The molecule has 1 unspecified atom stereocenters. The van der Waals surface area contributed by atoms with Gasteiger partial charge in [-0.05, 0) is 57.4 Å². The predicted molar refractivity (Wildman–Crippen MR) is 137 cm³/mol. The fourth-order valence-electron chi connectivity index (χ4n) is 3.81. The van der Waals surface area contributed by atoms with Crippen LogP contribution in [0.3, 0.4) is 0 Å². The van der Waals surface area contributed by atoms with Crippen molar-refractivity contribution in [2.75, 3.05) is 7.11 Å². The number of aromatic nitrogens is 1. The number of carbonyl (C=O) groups is 1. The van der Waals surface area contributed by atoms with E-state index in [1.165, 1.54) is 19.2 Å². The molecule has 3 aromatic carbocycles. The molecular weight excluding hydrogens is 539 g/mol. The van der Waals surface area contributed by atoms with E-state index in [9.17, 15) is 14.3 Å². The first-order chi connectivity index (χ1) is 16.9. The van der Waals surface area contributed by atoms with E-state index in [2.05, 4.69) is 26.2 Å². The highest BCUT2D eigenvalue weighted by Gasteiger charge is 2.20. The lowest BCUT2D eigenvalue weighted by Gasteiger charge is -2.17. The number of halogens is 3. The molecule has 0 saturated carbocycles. The highest BCUT2D eigenvalue weighted by atomic mass is 79.9. The van der Waals surface area contributed by atoms with E-state index in [0.29, 0.717) is 34.5 Å². The smallest absolute Gasteiger partial charge is 0.321 e. The van der Waals surface area contributed by atoms with Gasteiger partial charge in [0.2, 0.25) is 0 Å². The number of carboxylic acids is 1. The molecule has 0 aliphatic rings. The standard InChI is InChI=1S/C26H23BrClFN2O4/c1-34-24-9-15(8-20(27)25(24)35-14-16-6-7-18(29)11-21(16)28)12-30-23(26(32)33)10-17-13-31-22-5-3-2-4-19(17)22/h2-9,11,13,23,30-31H,10,12,14H2,1H3,(H,32,33). The first-order valence-corrected chi connectivity index (χ1v) is 12.0. The second kappa shape index (κ2) is 11.1. The van der Waals surface area contributed by atoms with Crippen molar-refractivity contribution in [1.29, 1.82) is 0 Å². The van der Waals surface area contributed by atoms with Crippen LogP contribution in [0.4, 0.5) is 4.39 Å². The van der Waals surface area contributed by atoms with Gasteiger partial charge >= 0.3 is 5.97 Å². The van der Waals surface area contributed by atoms with Crippen LogP contribution in [0.2, 0.25) is 5.02 Å². The summed E-state index contributed by atoms with van der Waals surface area (Å²) in [7, 11) is 1.52. The van der Waals surface area contributed by atoms with Gasteiger partial charge in [-0.3, -0.25) is 4.79 Å². The van der Waals surface area contributed by atoms with Crippen LogP contribution in [-0.4, -0.2) is 29.2 Å². The fourth-order valence-corrected chi connectivity index (χ4v) is 4.64. The predicted octanol–water partition coefficient (Wildman–Crippen LogP) is 6.10. The molecule has 182 valence electrons. The molecule has 0 fully saturated rings. The van der Waals surface area contributed by atoms with E-state index < -0.39 is 17.8 Å². The van der Waals surface area contributed by atoms with Crippen LogP contribution in [0, 0.1) is 5.82 Å². The van der Waals surface area contributed by atoms with Gasteiger partial charge in [-0.2, -0.15) is 0 Å². The lowest BCUT2D eigenvalue weighted by molar-refractivity contribution is -0.139. The lowest BCUT2D eigenvalue weighted by Crippen LogP contribution is -2.38. The number of hydrogen-bond donors (Lipinski definition) is 3. The van der Waals surface area contributed by atoms with Crippen LogP contribution in [0.15, 0.2) is 65.3 Å². The third kappa shape index (κ3) is 5.96. The Morgan fingerprint density at radius 3 is 2.74 bits per heavy atom. The van der Waals surface area contributed by atoms with Gasteiger partial charge in [0, 0.05) is 35.6 Å². The zero-order chi connectivity index (χ0) is 24.9. The number of rotatable bonds is 10.